The minimum absolute atomic E-state index is 0.135. The van der Waals surface area contributed by atoms with Gasteiger partial charge in [0.05, 0.1) is 12.2 Å². The van der Waals surface area contributed by atoms with E-state index in [2.05, 4.69) is 20.0 Å². The van der Waals surface area contributed by atoms with Crippen molar-refractivity contribution in [2.75, 3.05) is 37.6 Å². The minimum atomic E-state index is -0.417. The maximum Gasteiger partial charge on any atom is 0.329 e. The predicted molar refractivity (Wildman–Crippen MR) is 113 cm³/mol. The molecule has 0 spiro atoms. The summed E-state index contributed by atoms with van der Waals surface area (Å²) in [5.74, 6) is 0.547. The zero-order valence-electron chi connectivity index (χ0n) is 16.7. The summed E-state index contributed by atoms with van der Waals surface area (Å²) in [5.41, 5.74) is 0.770. The van der Waals surface area contributed by atoms with Gasteiger partial charge in [0.2, 0.25) is 0 Å². The van der Waals surface area contributed by atoms with E-state index in [1.165, 1.54) is 23.9 Å². The number of nitrogens with zero attached hydrogens (tertiary/aromatic N) is 6. The van der Waals surface area contributed by atoms with Gasteiger partial charge in [-0.15, -0.1) is 0 Å². The van der Waals surface area contributed by atoms with Crippen LogP contribution in [0.4, 0.5) is 5.82 Å². The van der Waals surface area contributed by atoms with Gasteiger partial charge in [-0.3, -0.25) is 29.0 Å². The summed E-state index contributed by atoms with van der Waals surface area (Å²) in [7, 11) is 1.45. The fourth-order valence-corrected chi connectivity index (χ4v) is 3.45. The number of H-pyrrole nitrogens is 1. The molecule has 10 nitrogen and oxygen atoms in total. The number of nitrogens with one attached hydrogen (secondary N) is 1. The highest BCUT2D eigenvalue weighted by Crippen LogP contribution is 2.13. The number of rotatable bonds is 5. The first-order valence-corrected chi connectivity index (χ1v) is 9.77. The van der Waals surface area contributed by atoms with E-state index in [1.54, 1.807) is 18.5 Å². The molecule has 0 amide bonds. The largest absolute Gasteiger partial charge is 0.355 e. The van der Waals surface area contributed by atoms with E-state index in [0.29, 0.717) is 32.0 Å². The Balaban J connectivity index is 1.38. The molecule has 1 aliphatic rings. The van der Waals surface area contributed by atoms with Crippen molar-refractivity contribution in [1.82, 2.24) is 29.2 Å². The molecule has 4 heterocycles. The van der Waals surface area contributed by atoms with Gasteiger partial charge < -0.3 is 4.90 Å². The molecule has 1 fully saturated rings. The van der Waals surface area contributed by atoms with Crippen LogP contribution in [0.2, 0.25) is 0 Å². The van der Waals surface area contributed by atoms with Crippen LogP contribution >= 0.6 is 0 Å². The molecule has 30 heavy (non-hydrogen) atoms. The molecular formula is C20H23N7O3. The van der Waals surface area contributed by atoms with Crippen LogP contribution in [-0.2, 0) is 13.6 Å². The highest BCUT2D eigenvalue weighted by molar-refractivity contribution is 5.56. The van der Waals surface area contributed by atoms with Crippen molar-refractivity contribution in [2.24, 2.45) is 7.05 Å². The predicted octanol–water partition coefficient (Wildman–Crippen LogP) is -0.485. The second-order valence-corrected chi connectivity index (χ2v) is 7.20. The first kappa shape index (κ1) is 19.8. The third-order valence-corrected chi connectivity index (χ3v) is 5.31. The van der Waals surface area contributed by atoms with E-state index >= 15 is 0 Å². The Morgan fingerprint density at radius 3 is 2.37 bits per heavy atom. The summed E-state index contributed by atoms with van der Waals surface area (Å²) in [6.07, 6.45) is 3.39. The first-order chi connectivity index (χ1) is 14.5. The number of hydrogen-bond donors (Lipinski definition) is 1. The van der Waals surface area contributed by atoms with Gasteiger partial charge in [-0.2, -0.15) is 5.10 Å². The normalized spacial score (nSPS) is 14.8. The van der Waals surface area contributed by atoms with Gasteiger partial charge in [0.15, 0.2) is 0 Å². The van der Waals surface area contributed by atoms with E-state index in [-0.39, 0.29) is 11.1 Å². The lowest BCUT2D eigenvalue weighted by Gasteiger charge is -2.35. The van der Waals surface area contributed by atoms with Crippen molar-refractivity contribution in [3.8, 4) is 11.3 Å². The Morgan fingerprint density at radius 1 is 0.933 bits per heavy atom. The van der Waals surface area contributed by atoms with Gasteiger partial charge in [0.1, 0.15) is 5.82 Å². The minimum Gasteiger partial charge on any atom is -0.355 e. The van der Waals surface area contributed by atoms with Gasteiger partial charge in [0, 0.05) is 69.9 Å². The van der Waals surface area contributed by atoms with Crippen LogP contribution in [0.3, 0.4) is 0 Å². The number of aromatic nitrogens is 5. The van der Waals surface area contributed by atoms with Gasteiger partial charge in [-0.05, 0) is 18.2 Å². The standard InChI is InChI=1S/C20H23N7O3/c1-24-19(29)14-17(22-20(24)30)26-11-8-25(9-12-26)10-13-27-18(28)3-2-16(23-27)15-4-6-21-7-5-15/h2-7,14H,8-13H2,1H3,(H,22,30). The van der Waals surface area contributed by atoms with Crippen molar-refractivity contribution in [3.05, 3.63) is 73.9 Å². The van der Waals surface area contributed by atoms with Crippen LogP contribution in [0.5, 0.6) is 0 Å². The summed E-state index contributed by atoms with van der Waals surface area (Å²) >= 11 is 0. The number of hydrogen-bond acceptors (Lipinski definition) is 7. The molecule has 3 aromatic rings. The SMILES string of the molecule is Cn1c(=O)cc(N2CCN(CCn3nc(-c4ccncc4)ccc3=O)CC2)[nH]c1=O. The first-order valence-electron chi connectivity index (χ1n) is 9.77. The molecule has 0 aliphatic carbocycles. The van der Waals surface area contributed by atoms with E-state index < -0.39 is 5.69 Å². The number of aromatic amines is 1. The van der Waals surface area contributed by atoms with Crippen LogP contribution in [0.15, 0.2) is 57.1 Å². The fourth-order valence-electron chi connectivity index (χ4n) is 3.45. The van der Waals surface area contributed by atoms with Crippen molar-refractivity contribution in [2.45, 2.75) is 6.54 Å². The Labute approximate surface area is 172 Å². The van der Waals surface area contributed by atoms with Crippen LogP contribution in [-0.4, -0.2) is 61.9 Å². The van der Waals surface area contributed by atoms with Crippen LogP contribution in [0.1, 0.15) is 0 Å². The van der Waals surface area contributed by atoms with E-state index in [4.69, 9.17) is 0 Å². The molecule has 1 aliphatic heterocycles. The Hall–Kier alpha value is -3.53. The highest BCUT2D eigenvalue weighted by atomic mass is 16.2. The Bertz CT molecular complexity index is 1160. The Kier molecular flexibility index (Phi) is 5.57. The lowest BCUT2D eigenvalue weighted by molar-refractivity contribution is 0.242. The summed E-state index contributed by atoms with van der Waals surface area (Å²) in [6, 6.07) is 8.42. The molecule has 1 saturated heterocycles. The van der Waals surface area contributed by atoms with Crippen molar-refractivity contribution in [1.29, 1.82) is 0 Å². The van der Waals surface area contributed by atoms with Gasteiger partial charge in [-0.25, -0.2) is 9.48 Å². The van der Waals surface area contributed by atoms with Crippen LogP contribution in [0, 0.1) is 0 Å². The molecule has 0 aromatic carbocycles. The zero-order chi connectivity index (χ0) is 21.1. The van der Waals surface area contributed by atoms with E-state index in [1.807, 2.05) is 17.0 Å². The monoisotopic (exact) mass is 409 g/mol. The zero-order valence-corrected chi connectivity index (χ0v) is 16.7. The molecule has 0 unspecified atom stereocenters. The second kappa shape index (κ2) is 8.46. The molecule has 0 bridgehead atoms. The number of anilines is 1. The maximum absolute atomic E-state index is 12.2. The lowest BCUT2D eigenvalue weighted by Crippen LogP contribution is -2.49. The number of pyridine rings is 1. The summed E-state index contributed by atoms with van der Waals surface area (Å²) in [6.45, 7) is 4.06. The quantitative estimate of drug-likeness (QED) is 0.606. The smallest absolute Gasteiger partial charge is 0.329 e. The van der Waals surface area contributed by atoms with Crippen molar-refractivity contribution < 1.29 is 0 Å². The van der Waals surface area contributed by atoms with Crippen LogP contribution < -0.4 is 21.7 Å². The summed E-state index contributed by atoms with van der Waals surface area (Å²) < 4.78 is 2.53. The molecule has 0 radical (unpaired) electrons. The highest BCUT2D eigenvalue weighted by Gasteiger charge is 2.19. The van der Waals surface area contributed by atoms with Crippen molar-refractivity contribution >= 4 is 5.82 Å². The van der Waals surface area contributed by atoms with E-state index in [9.17, 15) is 14.4 Å². The molecule has 156 valence electrons. The van der Waals surface area contributed by atoms with Gasteiger partial charge in [-0.1, -0.05) is 0 Å². The summed E-state index contributed by atoms with van der Waals surface area (Å²) in [4.78, 5) is 46.8. The molecule has 4 rings (SSSR count). The van der Waals surface area contributed by atoms with Crippen LogP contribution in [0.25, 0.3) is 11.3 Å². The maximum atomic E-state index is 12.2. The topological polar surface area (TPSA) is 109 Å². The lowest BCUT2D eigenvalue weighted by atomic mass is 10.2. The third-order valence-electron chi connectivity index (χ3n) is 5.31. The van der Waals surface area contributed by atoms with E-state index in [0.717, 1.165) is 28.9 Å². The van der Waals surface area contributed by atoms with Gasteiger partial charge >= 0.3 is 5.69 Å². The molecule has 0 atom stereocenters. The molecule has 1 N–H and O–H groups in total. The average molecular weight is 409 g/mol. The fraction of sp³-hybridized carbons (Fsp3) is 0.350. The number of piperazine rings is 1. The third kappa shape index (κ3) is 4.23. The molecule has 10 heteroatoms. The van der Waals surface area contributed by atoms with Gasteiger partial charge in [0.25, 0.3) is 11.1 Å². The summed E-state index contributed by atoms with van der Waals surface area (Å²) in [5, 5.41) is 4.48. The average Bonchev–Trinajstić information content (AvgIpc) is 2.77. The molecule has 0 saturated carbocycles. The molecular weight excluding hydrogens is 386 g/mol. The van der Waals surface area contributed by atoms with Crippen molar-refractivity contribution in [3.63, 3.8) is 0 Å². The second-order valence-electron chi connectivity index (χ2n) is 7.20. The molecule has 3 aromatic heterocycles. The Morgan fingerprint density at radius 2 is 1.67 bits per heavy atom.